The number of hydrogen-bond donors (Lipinski definition) is 2. The number of nitrogens with zero attached hydrogens (tertiary/aromatic N) is 1. The Balaban J connectivity index is 2.08. The zero-order valence-corrected chi connectivity index (χ0v) is 13.5. The summed E-state index contributed by atoms with van der Waals surface area (Å²) in [5.41, 5.74) is 2.43. The average molecular weight is 334 g/mol. The third-order valence-corrected chi connectivity index (χ3v) is 3.60. The second-order valence-electron chi connectivity index (χ2n) is 5.12. The minimum absolute atomic E-state index is 0.0234. The van der Waals surface area contributed by atoms with Gasteiger partial charge in [0.1, 0.15) is 5.69 Å². The molecule has 23 heavy (non-hydrogen) atoms. The number of carbonyl (C=O) groups is 1. The summed E-state index contributed by atoms with van der Waals surface area (Å²) in [6.45, 7) is 3.60. The van der Waals surface area contributed by atoms with Crippen LogP contribution < -0.4 is 10.6 Å². The number of anilines is 2. The number of nitro groups is 1. The van der Waals surface area contributed by atoms with Gasteiger partial charge in [-0.25, -0.2) is 0 Å². The molecule has 0 bridgehead atoms. The summed E-state index contributed by atoms with van der Waals surface area (Å²) < 4.78 is 0. The van der Waals surface area contributed by atoms with Crippen molar-refractivity contribution >= 4 is 34.6 Å². The van der Waals surface area contributed by atoms with Gasteiger partial charge in [-0.15, -0.1) is 0 Å². The molecule has 0 aliphatic carbocycles. The van der Waals surface area contributed by atoms with Gasteiger partial charge in [-0.2, -0.15) is 0 Å². The molecule has 2 rings (SSSR count). The molecule has 2 aromatic carbocycles. The monoisotopic (exact) mass is 333 g/mol. The van der Waals surface area contributed by atoms with Crippen LogP contribution >= 0.6 is 11.6 Å². The van der Waals surface area contributed by atoms with Crippen LogP contribution in [0.15, 0.2) is 36.4 Å². The maximum Gasteiger partial charge on any atom is 0.293 e. The molecule has 0 aromatic heterocycles. The summed E-state index contributed by atoms with van der Waals surface area (Å²) in [7, 11) is 0. The first-order chi connectivity index (χ1) is 10.9. The fourth-order valence-corrected chi connectivity index (χ4v) is 2.22. The van der Waals surface area contributed by atoms with E-state index in [-0.39, 0.29) is 23.8 Å². The van der Waals surface area contributed by atoms with E-state index in [0.717, 1.165) is 11.1 Å². The van der Waals surface area contributed by atoms with Gasteiger partial charge >= 0.3 is 0 Å². The Hall–Kier alpha value is -2.60. The van der Waals surface area contributed by atoms with Gasteiger partial charge in [0.05, 0.1) is 11.5 Å². The molecule has 0 atom stereocenters. The number of nitrogens with one attached hydrogen (secondary N) is 2. The molecular formula is C16H16ClN3O3. The van der Waals surface area contributed by atoms with Crippen LogP contribution in [0.2, 0.25) is 5.02 Å². The van der Waals surface area contributed by atoms with Crippen LogP contribution in [0.1, 0.15) is 11.1 Å². The Kier molecular flexibility index (Phi) is 5.18. The number of carbonyl (C=O) groups excluding carboxylic acids is 1. The number of hydrogen-bond acceptors (Lipinski definition) is 4. The third kappa shape index (κ3) is 4.43. The molecular weight excluding hydrogens is 318 g/mol. The minimum Gasteiger partial charge on any atom is -0.376 e. The second kappa shape index (κ2) is 7.11. The normalized spacial score (nSPS) is 10.2. The fraction of sp³-hybridized carbons (Fsp3) is 0.188. The van der Waals surface area contributed by atoms with E-state index in [9.17, 15) is 14.9 Å². The van der Waals surface area contributed by atoms with Crippen molar-refractivity contribution in [2.45, 2.75) is 13.8 Å². The molecule has 0 spiro atoms. The number of halogens is 1. The van der Waals surface area contributed by atoms with E-state index >= 15 is 0 Å². The Morgan fingerprint density at radius 1 is 1.22 bits per heavy atom. The summed E-state index contributed by atoms with van der Waals surface area (Å²) in [6.07, 6.45) is 0. The summed E-state index contributed by atoms with van der Waals surface area (Å²) in [4.78, 5) is 22.6. The molecule has 0 saturated carbocycles. The van der Waals surface area contributed by atoms with E-state index in [1.54, 1.807) is 37.3 Å². The smallest absolute Gasteiger partial charge is 0.293 e. The Morgan fingerprint density at radius 3 is 2.57 bits per heavy atom. The maximum atomic E-state index is 12.0. The van der Waals surface area contributed by atoms with Crippen LogP contribution in [0, 0.1) is 24.0 Å². The van der Waals surface area contributed by atoms with Crippen molar-refractivity contribution in [3.8, 4) is 0 Å². The van der Waals surface area contributed by atoms with Gasteiger partial charge in [0, 0.05) is 16.8 Å². The van der Waals surface area contributed by atoms with Gasteiger partial charge in [-0.1, -0.05) is 17.7 Å². The van der Waals surface area contributed by atoms with Crippen LogP contribution in [0.4, 0.5) is 17.1 Å². The topological polar surface area (TPSA) is 84.3 Å². The number of amides is 1. The molecule has 2 N–H and O–H groups in total. The van der Waals surface area contributed by atoms with Crippen LogP contribution in [0.25, 0.3) is 0 Å². The second-order valence-corrected chi connectivity index (χ2v) is 5.56. The summed E-state index contributed by atoms with van der Waals surface area (Å²) in [6, 6.07) is 10.0. The lowest BCUT2D eigenvalue weighted by Crippen LogP contribution is -2.22. The van der Waals surface area contributed by atoms with Gasteiger partial charge in [0.2, 0.25) is 5.91 Å². The molecule has 2 aromatic rings. The van der Waals surface area contributed by atoms with Gasteiger partial charge in [0.15, 0.2) is 0 Å². The highest BCUT2D eigenvalue weighted by Gasteiger charge is 2.17. The molecule has 0 aliphatic rings. The minimum atomic E-state index is -0.507. The van der Waals surface area contributed by atoms with E-state index in [1.165, 1.54) is 6.07 Å². The summed E-state index contributed by atoms with van der Waals surface area (Å²) in [5.74, 6) is -0.378. The van der Waals surface area contributed by atoms with E-state index in [0.29, 0.717) is 10.7 Å². The van der Waals surface area contributed by atoms with Crippen molar-refractivity contribution in [1.29, 1.82) is 0 Å². The number of nitro benzene ring substituents is 1. The van der Waals surface area contributed by atoms with E-state index < -0.39 is 4.92 Å². The van der Waals surface area contributed by atoms with Gasteiger partial charge in [-0.05, 0) is 49.2 Å². The zero-order valence-electron chi connectivity index (χ0n) is 12.7. The van der Waals surface area contributed by atoms with Gasteiger partial charge < -0.3 is 10.6 Å². The molecule has 0 unspecified atom stereocenters. The zero-order chi connectivity index (χ0) is 17.0. The van der Waals surface area contributed by atoms with Crippen LogP contribution in [0.5, 0.6) is 0 Å². The Morgan fingerprint density at radius 2 is 1.91 bits per heavy atom. The van der Waals surface area contributed by atoms with E-state index in [2.05, 4.69) is 10.6 Å². The first kappa shape index (κ1) is 16.8. The highest BCUT2D eigenvalue weighted by molar-refractivity contribution is 6.30. The summed E-state index contributed by atoms with van der Waals surface area (Å²) >= 11 is 5.86. The molecule has 7 heteroatoms. The largest absolute Gasteiger partial charge is 0.376 e. The number of benzene rings is 2. The van der Waals surface area contributed by atoms with Crippen LogP contribution in [-0.4, -0.2) is 17.4 Å². The SMILES string of the molecule is Cc1cc(NC(=O)CNc2cccc(Cl)c2)c([N+](=O)[O-])cc1C. The van der Waals surface area contributed by atoms with Gasteiger partial charge in [0.25, 0.3) is 5.69 Å². The Labute approximate surface area is 138 Å². The molecule has 0 saturated heterocycles. The molecule has 0 heterocycles. The van der Waals surface area contributed by atoms with Crippen molar-refractivity contribution in [3.63, 3.8) is 0 Å². The van der Waals surface area contributed by atoms with Crippen molar-refractivity contribution in [2.75, 3.05) is 17.2 Å². The first-order valence-corrected chi connectivity index (χ1v) is 7.29. The average Bonchev–Trinajstić information content (AvgIpc) is 2.48. The van der Waals surface area contributed by atoms with E-state index in [1.807, 2.05) is 6.92 Å². The molecule has 120 valence electrons. The molecule has 6 nitrogen and oxygen atoms in total. The number of rotatable bonds is 5. The molecule has 0 radical (unpaired) electrons. The standard InChI is InChI=1S/C16H16ClN3O3/c1-10-6-14(15(20(22)23)7-11(10)2)19-16(21)9-18-13-5-3-4-12(17)8-13/h3-8,18H,9H2,1-2H3,(H,19,21). The van der Waals surface area contributed by atoms with Gasteiger partial charge in [-0.3, -0.25) is 14.9 Å². The predicted molar refractivity (Wildman–Crippen MR) is 91.1 cm³/mol. The van der Waals surface area contributed by atoms with E-state index in [4.69, 9.17) is 11.6 Å². The lowest BCUT2D eigenvalue weighted by Gasteiger charge is -2.10. The predicted octanol–water partition coefficient (Wildman–Crippen LogP) is 3.92. The van der Waals surface area contributed by atoms with Crippen molar-refractivity contribution in [1.82, 2.24) is 0 Å². The van der Waals surface area contributed by atoms with Crippen molar-refractivity contribution in [3.05, 3.63) is 62.7 Å². The third-order valence-electron chi connectivity index (χ3n) is 3.36. The number of aryl methyl sites for hydroxylation is 2. The highest BCUT2D eigenvalue weighted by Crippen LogP contribution is 2.27. The highest BCUT2D eigenvalue weighted by atomic mass is 35.5. The van der Waals surface area contributed by atoms with Crippen LogP contribution in [-0.2, 0) is 4.79 Å². The lowest BCUT2D eigenvalue weighted by atomic mass is 10.1. The first-order valence-electron chi connectivity index (χ1n) is 6.92. The quantitative estimate of drug-likeness (QED) is 0.641. The molecule has 1 amide bonds. The maximum absolute atomic E-state index is 12.0. The van der Waals surface area contributed by atoms with Crippen molar-refractivity contribution < 1.29 is 9.72 Å². The fourth-order valence-electron chi connectivity index (χ4n) is 2.03. The van der Waals surface area contributed by atoms with Crippen LogP contribution in [0.3, 0.4) is 0 Å². The Bertz CT molecular complexity index is 762. The summed E-state index contributed by atoms with van der Waals surface area (Å²) in [5, 5.41) is 17.1. The molecule has 0 aliphatic heterocycles. The molecule has 0 fully saturated rings. The van der Waals surface area contributed by atoms with Crippen molar-refractivity contribution in [2.24, 2.45) is 0 Å². The lowest BCUT2D eigenvalue weighted by molar-refractivity contribution is -0.384.